The largest absolute Gasteiger partial charge is 0.394 e. The Morgan fingerprint density at radius 1 is 1.07 bits per heavy atom. The van der Waals surface area contributed by atoms with Crippen molar-refractivity contribution < 1.29 is 14.7 Å². The van der Waals surface area contributed by atoms with Gasteiger partial charge in [0.25, 0.3) is 0 Å². The number of carbonyl (C=O) groups excluding carboxylic acids is 2. The van der Waals surface area contributed by atoms with Crippen LogP contribution in [0.4, 0.5) is 10.6 Å². The molecular formula is C27H41ClN8O4. The molecule has 6 N–H and O–H groups in total. The van der Waals surface area contributed by atoms with E-state index in [9.17, 15) is 19.5 Å². The summed E-state index contributed by atoms with van der Waals surface area (Å²) in [6.07, 6.45) is 5.96. The molecule has 1 aromatic carbocycles. The fourth-order valence-corrected chi connectivity index (χ4v) is 5.12. The highest BCUT2D eigenvalue weighted by Crippen LogP contribution is 2.23. The topological polar surface area (TPSA) is 163 Å². The number of aliphatic hydroxyl groups is 1. The van der Waals surface area contributed by atoms with Crippen LogP contribution in [-0.2, 0) is 11.3 Å². The molecule has 3 amide bonds. The number of halogens is 1. The van der Waals surface area contributed by atoms with Crippen molar-refractivity contribution in [3.63, 3.8) is 0 Å². The first-order valence-corrected chi connectivity index (χ1v) is 13.5. The number of nitrogens with one attached hydrogen (secondary N) is 1. The first-order valence-electron chi connectivity index (χ1n) is 13.5. The summed E-state index contributed by atoms with van der Waals surface area (Å²) in [4.78, 5) is 47.3. The van der Waals surface area contributed by atoms with Gasteiger partial charge >= 0.3 is 11.7 Å². The van der Waals surface area contributed by atoms with Gasteiger partial charge in [-0.3, -0.25) is 19.6 Å². The predicted octanol–water partition coefficient (Wildman–Crippen LogP) is 0.742. The maximum atomic E-state index is 12.7. The number of benzene rings is 1. The lowest BCUT2D eigenvalue weighted by Gasteiger charge is -2.37. The maximum Gasteiger partial charge on any atom is 0.354 e. The molecule has 0 bridgehead atoms. The number of aliphatic hydroxyl groups excluding tert-OH is 1. The zero-order chi connectivity index (χ0) is 28.2. The first kappa shape index (κ1) is 31.5. The van der Waals surface area contributed by atoms with Gasteiger partial charge in [-0.05, 0) is 63.4 Å². The molecule has 2 fully saturated rings. The summed E-state index contributed by atoms with van der Waals surface area (Å²) in [6, 6.07) is 9.86. The Morgan fingerprint density at radius 2 is 1.68 bits per heavy atom. The molecule has 13 heteroatoms. The minimum Gasteiger partial charge on any atom is -0.394 e. The third kappa shape index (κ3) is 7.58. The van der Waals surface area contributed by atoms with Crippen LogP contribution in [0.2, 0.25) is 0 Å². The lowest BCUT2D eigenvalue weighted by molar-refractivity contribution is -0.139. The summed E-state index contributed by atoms with van der Waals surface area (Å²) in [6.45, 7) is 3.04. The minimum atomic E-state index is -1.35. The Bertz CT molecular complexity index is 1210. The van der Waals surface area contributed by atoms with Crippen LogP contribution in [0.3, 0.4) is 0 Å². The third-order valence-corrected chi connectivity index (χ3v) is 7.72. The summed E-state index contributed by atoms with van der Waals surface area (Å²) in [5.41, 5.74) is 11.9. The van der Waals surface area contributed by atoms with E-state index in [1.807, 2.05) is 24.3 Å². The second kappa shape index (κ2) is 13.6. The van der Waals surface area contributed by atoms with E-state index in [2.05, 4.69) is 22.2 Å². The molecule has 1 aliphatic carbocycles. The van der Waals surface area contributed by atoms with E-state index in [0.717, 1.165) is 37.8 Å². The molecule has 1 aromatic heterocycles. The molecule has 1 saturated carbocycles. The van der Waals surface area contributed by atoms with Crippen LogP contribution in [0, 0.1) is 0 Å². The van der Waals surface area contributed by atoms with E-state index < -0.39 is 23.9 Å². The smallest absolute Gasteiger partial charge is 0.354 e. The molecule has 1 atom stereocenters. The molecule has 1 saturated heterocycles. The molecule has 0 spiro atoms. The highest BCUT2D eigenvalue weighted by atomic mass is 35.5. The van der Waals surface area contributed by atoms with Crippen molar-refractivity contribution in [2.24, 2.45) is 11.5 Å². The minimum absolute atomic E-state index is 0. The average molecular weight is 577 g/mol. The summed E-state index contributed by atoms with van der Waals surface area (Å²) in [5, 5.41) is 12.0. The summed E-state index contributed by atoms with van der Waals surface area (Å²) < 4.78 is 1.43. The molecule has 1 aliphatic heterocycles. The molecule has 2 aromatic rings. The van der Waals surface area contributed by atoms with Crippen LogP contribution in [0.1, 0.15) is 38.2 Å². The Morgan fingerprint density at radius 3 is 2.25 bits per heavy atom. The van der Waals surface area contributed by atoms with Gasteiger partial charge in [0.15, 0.2) is 0 Å². The molecular weight excluding hydrogens is 536 g/mol. The molecule has 2 aliphatic rings. The van der Waals surface area contributed by atoms with E-state index in [1.54, 1.807) is 17.2 Å². The molecule has 40 heavy (non-hydrogen) atoms. The van der Waals surface area contributed by atoms with Gasteiger partial charge < -0.3 is 26.4 Å². The number of aromatic nitrogens is 2. The van der Waals surface area contributed by atoms with E-state index >= 15 is 0 Å². The number of nitrogens with two attached hydrogens (primary N) is 2. The van der Waals surface area contributed by atoms with Crippen LogP contribution >= 0.6 is 12.4 Å². The second-order valence-electron chi connectivity index (χ2n) is 10.9. The van der Waals surface area contributed by atoms with E-state index in [0.29, 0.717) is 44.0 Å². The van der Waals surface area contributed by atoms with Crippen molar-refractivity contribution in [2.45, 2.75) is 56.8 Å². The van der Waals surface area contributed by atoms with Gasteiger partial charge in [-0.2, -0.15) is 4.98 Å². The highest BCUT2D eigenvalue weighted by Gasteiger charge is 2.34. The van der Waals surface area contributed by atoms with Crippen molar-refractivity contribution in [3.8, 4) is 5.69 Å². The second-order valence-corrected chi connectivity index (χ2v) is 10.9. The van der Waals surface area contributed by atoms with Gasteiger partial charge in [0.2, 0.25) is 5.91 Å². The van der Waals surface area contributed by atoms with Crippen LogP contribution in [0.5, 0.6) is 0 Å². The highest BCUT2D eigenvalue weighted by molar-refractivity contribution is 5.89. The predicted molar refractivity (Wildman–Crippen MR) is 156 cm³/mol. The number of anilines is 1. The van der Waals surface area contributed by atoms with E-state index in [-0.39, 0.29) is 24.1 Å². The number of urea groups is 1. The van der Waals surface area contributed by atoms with Crippen molar-refractivity contribution >= 4 is 30.2 Å². The van der Waals surface area contributed by atoms with Gasteiger partial charge in [-0.25, -0.2) is 9.59 Å². The van der Waals surface area contributed by atoms with Crippen molar-refractivity contribution in [1.82, 2.24) is 24.3 Å². The number of rotatable bonds is 7. The zero-order valence-electron chi connectivity index (χ0n) is 23.2. The molecule has 0 radical (unpaired) electrons. The standard InChI is InChI=1S/C27H40N8O4.ClH/c1-27(29,18-36)24(37)33-13-15-34(16-14-33)25(38)30-23-11-12-35(26(39)31-23)22-7-3-19(4-8-22)17-32(2)21-9-5-20(28)6-10-21;/h3-4,7-8,11-12,20-21,36H,5-6,9-10,13-18,28-29H2,1-2H3,(H,30,31,38,39);1H. The average Bonchev–Trinajstić information content (AvgIpc) is 2.93. The van der Waals surface area contributed by atoms with Gasteiger partial charge in [0.1, 0.15) is 11.4 Å². The Balaban J connectivity index is 0.00000441. The van der Waals surface area contributed by atoms with Crippen LogP contribution < -0.4 is 22.5 Å². The number of hydrogen-bond donors (Lipinski definition) is 4. The number of piperazine rings is 1. The summed E-state index contributed by atoms with van der Waals surface area (Å²) in [5.74, 6) is -0.204. The molecule has 1 unspecified atom stereocenters. The van der Waals surface area contributed by atoms with E-state index in [1.165, 1.54) is 16.4 Å². The zero-order valence-corrected chi connectivity index (χ0v) is 24.0. The normalized spacial score (nSPS) is 20.9. The van der Waals surface area contributed by atoms with Crippen molar-refractivity contribution in [1.29, 1.82) is 0 Å². The Kier molecular flexibility index (Phi) is 10.7. The fourth-order valence-electron chi connectivity index (χ4n) is 5.12. The van der Waals surface area contributed by atoms with E-state index in [4.69, 9.17) is 11.5 Å². The SMILES string of the molecule is CN(Cc1ccc(-n2ccc(NC(=O)N3CCN(C(=O)C(C)(N)CO)CC3)nc2=O)cc1)C1CCC(N)CC1.Cl. The van der Waals surface area contributed by atoms with Crippen LogP contribution in [0.15, 0.2) is 41.3 Å². The fraction of sp³-hybridized carbons (Fsp3) is 0.556. The first-order chi connectivity index (χ1) is 18.6. The summed E-state index contributed by atoms with van der Waals surface area (Å²) >= 11 is 0. The van der Waals surface area contributed by atoms with Gasteiger partial charge in [0, 0.05) is 51.0 Å². The van der Waals surface area contributed by atoms with Gasteiger partial charge in [-0.1, -0.05) is 12.1 Å². The third-order valence-electron chi connectivity index (χ3n) is 7.72. The molecule has 4 rings (SSSR count). The molecule has 2 heterocycles. The van der Waals surface area contributed by atoms with Crippen LogP contribution in [-0.4, -0.2) is 98.8 Å². The number of carbonyl (C=O) groups is 2. The number of hydrogen-bond acceptors (Lipinski definition) is 8. The molecule has 220 valence electrons. The van der Waals surface area contributed by atoms with Crippen molar-refractivity contribution in [3.05, 3.63) is 52.6 Å². The van der Waals surface area contributed by atoms with Crippen molar-refractivity contribution in [2.75, 3.05) is 45.2 Å². The molecule has 12 nitrogen and oxygen atoms in total. The maximum absolute atomic E-state index is 12.7. The Labute approximate surface area is 240 Å². The lowest BCUT2D eigenvalue weighted by atomic mass is 9.91. The summed E-state index contributed by atoms with van der Waals surface area (Å²) in [7, 11) is 2.14. The number of nitrogens with zero attached hydrogens (tertiary/aromatic N) is 5. The quantitative estimate of drug-likeness (QED) is 0.375. The lowest BCUT2D eigenvalue weighted by Crippen LogP contribution is -2.60. The van der Waals surface area contributed by atoms with Gasteiger partial charge in [-0.15, -0.1) is 12.4 Å². The monoisotopic (exact) mass is 576 g/mol. The van der Waals surface area contributed by atoms with Gasteiger partial charge in [0.05, 0.1) is 12.3 Å². The van der Waals surface area contributed by atoms with Crippen LogP contribution in [0.25, 0.3) is 5.69 Å². The number of amides is 3. The Hall–Kier alpha value is -3.03.